The number of carboxylic acids is 1. The Labute approximate surface area is 76.3 Å². The second kappa shape index (κ2) is 2.95. The molecule has 2 N–H and O–H groups in total. The number of aliphatic carboxylic acids is 1. The molecule has 0 aliphatic carbocycles. The van der Waals surface area contributed by atoms with E-state index in [-0.39, 0.29) is 12.2 Å². The van der Waals surface area contributed by atoms with Gasteiger partial charge in [0.15, 0.2) is 9.84 Å². The Morgan fingerprint density at radius 1 is 1.54 bits per heavy atom. The molecule has 0 spiro atoms. The quantitative estimate of drug-likeness (QED) is 0.623. The summed E-state index contributed by atoms with van der Waals surface area (Å²) in [6.45, 7) is 1.32. The van der Waals surface area contributed by atoms with Crippen molar-refractivity contribution >= 4 is 15.8 Å². The summed E-state index contributed by atoms with van der Waals surface area (Å²) < 4.78 is 22.0. The van der Waals surface area contributed by atoms with E-state index in [2.05, 4.69) is 0 Å². The highest BCUT2D eigenvalue weighted by Gasteiger charge is 2.47. The van der Waals surface area contributed by atoms with Crippen LogP contribution in [-0.2, 0) is 14.6 Å². The first-order valence-corrected chi connectivity index (χ1v) is 5.75. The number of hydrogen-bond acceptors (Lipinski definition) is 4. The van der Waals surface area contributed by atoms with Crippen molar-refractivity contribution in [2.24, 2.45) is 5.92 Å². The Balaban J connectivity index is 2.87. The van der Waals surface area contributed by atoms with Crippen LogP contribution in [0.3, 0.4) is 0 Å². The minimum absolute atomic E-state index is 0.0167. The van der Waals surface area contributed by atoms with Gasteiger partial charge in [0.05, 0.1) is 23.0 Å². The maximum atomic E-state index is 11.0. The van der Waals surface area contributed by atoms with Gasteiger partial charge in [-0.25, -0.2) is 8.42 Å². The second-order valence-electron chi connectivity index (χ2n) is 3.51. The van der Waals surface area contributed by atoms with Gasteiger partial charge in [0.25, 0.3) is 0 Å². The zero-order chi connectivity index (χ0) is 10.3. The third kappa shape index (κ3) is 2.00. The lowest BCUT2D eigenvalue weighted by molar-refractivity contribution is -0.149. The molecule has 2 unspecified atom stereocenters. The first-order chi connectivity index (χ1) is 5.77. The number of carboxylic acid groups (broad SMARTS) is 1. The number of sulfone groups is 1. The lowest BCUT2D eigenvalue weighted by Crippen LogP contribution is -2.41. The molecule has 76 valence electrons. The van der Waals surface area contributed by atoms with Gasteiger partial charge in [0, 0.05) is 0 Å². The average molecular weight is 208 g/mol. The maximum absolute atomic E-state index is 11.0. The molecule has 0 radical (unpaired) electrons. The van der Waals surface area contributed by atoms with Crippen molar-refractivity contribution in [2.75, 3.05) is 11.5 Å². The van der Waals surface area contributed by atoms with Crippen LogP contribution in [0.1, 0.15) is 13.3 Å². The van der Waals surface area contributed by atoms with Crippen molar-refractivity contribution in [3.05, 3.63) is 0 Å². The summed E-state index contributed by atoms with van der Waals surface area (Å²) in [6, 6.07) is 0. The largest absolute Gasteiger partial charge is 0.481 e. The van der Waals surface area contributed by atoms with Crippen molar-refractivity contribution in [1.29, 1.82) is 0 Å². The van der Waals surface area contributed by atoms with Crippen LogP contribution >= 0.6 is 0 Å². The van der Waals surface area contributed by atoms with E-state index in [9.17, 15) is 18.3 Å². The summed E-state index contributed by atoms with van der Waals surface area (Å²) in [7, 11) is -3.25. The summed E-state index contributed by atoms with van der Waals surface area (Å²) in [6.07, 6.45) is 0.0167. The third-order valence-electron chi connectivity index (χ3n) is 2.49. The highest BCUT2D eigenvalue weighted by atomic mass is 32.2. The molecule has 0 saturated carbocycles. The first kappa shape index (κ1) is 10.5. The summed E-state index contributed by atoms with van der Waals surface area (Å²) >= 11 is 0. The van der Waals surface area contributed by atoms with Crippen LogP contribution in [0.5, 0.6) is 0 Å². The van der Waals surface area contributed by atoms with Crippen LogP contribution in [0.2, 0.25) is 0 Å². The zero-order valence-corrected chi connectivity index (χ0v) is 8.04. The van der Waals surface area contributed by atoms with Crippen LogP contribution in [0.25, 0.3) is 0 Å². The van der Waals surface area contributed by atoms with E-state index in [0.29, 0.717) is 0 Å². The highest BCUT2D eigenvalue weighted by Crippen LogP contribution is 2.30. The molecular weight excluding hydrogens is 196 g/mol. The van der Waals surface area contributed by atoms with Gasteiger partial charge >= 0.3 is 5.97 Å². The Hall–Kier alpha value is -0.620. The lowest BCUT2D eigenvalue weighted by atomic mass is 9.89. The molecule has 5 nitrogen and oxygen atoms in total. The smallest absolute Gasteiger partial charge is 0.309 e. The number of rotatable bonds is 2. The molecule has 1 saturated heterocycles. The van der Waals surface area contributed by atoms with E-state index in [1.807, 2.05) is 0 Å². The second-order valence-corrected chi connectivity index (χ2v) is 5.69. The molecule has 0 aromatic carbocycles. The van der Waals surface area contributed by atoms with Crippen molar-refractivity contribution in [2.45, 2.75) is 18.9 Å². The summed E-state index contributed by atoms with van der Waals surface area (Å²) in [5.74, 6) is -2.77. The van der Waals surface area contributed by atoms with E-state index < -0.39 is 33.1 Å². The maximum Gasteiger partial charge on any atom is 0.309 e. The monoisotopic (exact) mass is 208 g/mol. The molecule has 1 aliphatic rings. The molecule has 1 heterocycles. The molecule has 0 aromatic heterocycles. The number of carbonyl (C=O) groups is 1. The van der Waals surface area contributed by atoms with Gasteiger partial charge in [-0.05, 0) is 13.3 Å². The SMILES string of the molecule is CC(C(=O)O)C1(O)CCS(=O)(=O)C1. The fourth-order valence-corrected chi connectivity index (χ4v) is 3.39. The molecular formula is C7H12O5S. The molecule has 0 aromatic rings. The number of aliphatic hydroxyl groups is 1. The van der Waals surface area contributed by atoms with Crippen molar-refractivity contribution < 1.29 is 23.4 Å². The van der Waals surface area contributed by atoms with E-state index in [1.54, 1.807) is 0 Å². The lowest BCUT2D eigenvalue weighted by Gasteiger charge is -2.24. The predicted octanol–water partition coefficient (Wildman–Crippen LogP) is -0.743. The van der Waals surface area contributed by atoms with Crippen LogP contribution in [0.4, 0.5) is 0 Å². The molecule has 6 heteroatoms. The fourth-order valence-electron chi connectivity index (χ4n) is 1.43. The van der Waals surface area contributed by atoms with Gasteiger partial charge in [-0.3, -0.25) is 4.79 Å². The van der Waals surface area contributed by atoms with Gasteiger partial charge in [-0.2, -0.15) is 0 Å². The topological polar surface area (TPSA) is 91.7 Å². The Bertz CT molecular complexity index is 320. The Kier molecular flexibility index (Phi) is 2.38. The van der Waals surface area contributed by atoms with Crippen LogP contribution in [0, 0.1) is 5.92 Å². The van der Waals surface area contributed by atoms with E-state index in [4.69, 9.17) is 5.11 Å². The van der Waals surface area contributed by atoms with Crippen molar-refractivity contribution in [1.82, 2.24) is 0 Å². The number of hydrogen-bond donors (Lipinski definition) is 2. The molecule has 13 heavy (non-hydrogen) atoms. The Morgan fingerprint density at radius 2 is 2.08 bits per heavy atom. The van der Waals surface area contributed by atoms with Gasteiger partial charge in [-0.1, -0.05) is 0 Å². The van der Waals surface area contributed by atoms with Crippen molar-refractivity contribution in [3.63, 3.8) is 0 Å². The molecule has 1 aliphatic heterocycles. The van der Waals surface area contributed by atoms with Crippen LogP contribution < -0.4 is 0 Å². The normalized spacial score (nSPS) is 34.3. The minimum atomic E-state index is -3.25. The molecule has 1 fully saturated rings. The minimum Gasteiger partial charge on any atom is -0.481 e. The fraction of sp³-hybridized carbons (Fsp3) is 0.857. The summed E-state index contributed by atoms with van der Waals surface area (Å²) in [5, 5.41) is 18.3. The predicted molar refractivity (Wildman–Crippen MR) is 45.0 cm³/mol. The molecule has 2 atom stereocenters. The van der Waals surface area contributed by atoms with Crippen LogP contribution in [-0.4, -0.2) is 41.7 Å². The molecule has 0 amide bonds. The standard InChI is InChI=1S/C7H12O5S/c1-5(6(8)9)7(10)2-3-13(11,12)4-7/h5,10H,2-4H2,1H3,(H,8,9). The highest BCUT2D eigenvalue weighted by molar-refractivity contribution is 7.91. The molecule has 0 bridgehead atoms. The Morgan fingerprint density at radius 3 is 2.38 bits per heavy atom. The molecule has 1 rings (SSSR count). The van der Waals surface area contributed by atoms with E-state index >= 15 is 0 Å². The first-order valence-electron chi connectivity index (χ1n) is 3.92. The summed E-state index contributed by atoms with van der Waals surface area (Å²) in [5.41, 5.74) is -1.58. The van der Waals surface area contributed by atoms with Gasteiger partial charge < -0.3 is 10.2 Å². The van der Waals surface area contributed by atoms with Gasteiger partial charge in [0.1, 0.15) is 0 Å². The van der Waals surface area contributed by atoms with Crippen molar-refractivity contribution in [3.8, 4) is 0 Å². The summed E-state index contributed by atoms with van der Waals surface area (Å²) in [4.78, 5) is 10.5. The van der Waals surface area contributed by atoms with E-state index in [1.165, 1.54) is 6.92 Å². The van der Waals surface area contributed by atoms with Crippen LogP contribution in [0.15, 0.2) is 0 Å². The van der Waals surface area contributed by atoms with Gasteiger partial charge in [0.2, 0.25) is 0 Å². The average Bonchev–Trinajstić information content (AvgIpc) is 2.25. The van der Waals surface area contributed by atoms with E-state index in [0.717, 1.165) is 0 Å². The zero-order valence-electron chi connectivity index (χ0n) is 7.23. The van der Waals surface area contributed by atoms with Gasteiger partial charge in [-0.15, -0.1) is 0 Å². The third-order valence-corrected chi connectivity index (χ3v) is 4.26.